The van der Waals surface area contributed by atoms with Crippen molar-refractivity contribution in [2.75, 3.05) is 0 Å². The summed E-state index contributed by atoms with van der Waals surface area (Å²) in [6.07, 6.45) is 0. The van der Waals surface area contributed by atoms with Gasteiger partial charge in [0.1, 0.15) is 0 Å². The molecule has 4 heteroatoms. The quantitative estimate of drug-likeness (QED) is 0.181. The van der Waals surface area contributed by atoms with Crippen LogP contribution in [0.25, 0.3) is 60.4 Å². The minimum atomic E-state index is -2.03. The van der Waals surface area contributed by atoms with E-state index in [-0.39, 0.29) is 0 Å². The second-order valence-electron chi connectivity index (χ2n) is 11.3. The fourth-order valence-electron chi connectivity index (χ4n) is 5.59. The van der Waals surface area contributed by atoms with Crippen LogP contribution in [0.15, 0.2) is 127 Å². The molecule has 0 aliphatic carbocycles. The van der Waals surface area contributed by atoms with E-state index in [1.54, 1.807) is 0 Å². The summed E-state index contributed by atoms with van der Waals surface area (Å²) < 4.78 is 5.24. The van der Waals surface area contributed by atoms with Gasteiger partial charge in [0.05, 0.1) is 0 Å². The Bertz CT molecular complexity index is 1920. The number of benzene rings is 5. The van der Waals surface area contributed by atoms with Crippen LogP contribution in [0.4, 0.5) is 0 Å². The summed E-state index contributed by atoms with van der Waals surface area (Å²) in [6.45, 7) is 0. The van der Waals surface area contributed by atoms with Gasteiger partial charge in [-0.25, -0.2) is 0 Å². The maximum atomic E-state index is 5.33. The molecule has 0 aliphatic heterocycles. The summed E-state index contributed by atoms with van der Waals surface area (Å²) in [5, 5.41) is 3.60. The van der Waals surface area contributed by atoms with Crippen molar-refractivity contribution in [1.82, 2.24) is 9.55 Å². The number of aromatic nitrogens is 2. The van der Waals surface area contributed by atoms with Gasteiger partial charge in [0.15, 0.2) is 0 Å². The van der Waals surface area contributed by atoms with Gasteiger partial charge in [-0.3, -0.25) is 0 Å². The number of hydrogen-bond donors (Lipinski definition) is 0. The molecule has 0 amide bonds. The number of imidazole rings is 1. The molecule has 0 saturated carbocycles. The summed E-state index contributed by atoms with van der Waals surface area (Å²) in [5.74, 6) is 8.38. The Kier molecular flexibility index (Phi) is 6.22. The molecule has 0 atom stereocenters. The molecule has 0 fully saturated rings. The van der Waals surface area contributed by atoms with E-state index in [4.69, 9.17) is 4.98 Å². The molecule has 0 N–H and O–H groups in total. The van der Waals surface area contributed by atoms with Gasteiger partial charge >= 0.3 is 243 Å². The molecule has 194 valence electrons. The van der Waals surface area contributed by atoms with Gasteiger partial charge in [0, 0.05) is 0 Å². The molecular formula is C36H30GeN2S. The fourth-order valence-corrected chi connectivity index (χ4v) is 8.94. The molecule has 7 rings (SSSR count). The predicted octanol–water partition coefficient (Wildman–Crippen LogP) is 9.79. The molecule has 0 aliphatic rings. The molecule has 2 aromatic heterocycles. The molecule has 2 nitrogen and oxygen atoms in total. The third-order valence-electron chi connectivity index (χ3n) is 7.67. The Labute approximate surface area is 241 Å². The molecule has 5 aromatic carbocycles. The van der Waals surface area contributed by atoms with Gasteiger partial charge in [-0.15, -0.1) is 0 Å². The van der Waals surface area contributed by atoms with Crippen LogP contribution >= 0.6 is 11.3 Å². The first-order valence-corrected chi connectivity index (χ1v) is 22.0. The van der Waals surface area contributed by atoms with Crippen molar-refractivity contribution in [2.24, 2.45) is 0 Å². The van der Waals surface area contributed by atoms with E-state index in [0.717, 1.165) is 22.5 Å². The third kappa shape index (κ3) is 4.30. The first kappa shape index (κ1) is 25.1. The van der Waals surface area contributed by atoms with E-state index in [9.17, 15) is 0 Å². The molecular weight excluding hydrogens is 565 g/mol. The van der Waals surface area contributed by atoms with Gasteiger partial charge in [0.2, 0.25) is 0 Å². The Morgan fingerprint density at radius 3 is 1.90 bits per heavy atom. The van der Waals surface area contributed by atoms with Gasteiger partial charge in [-0.2, -0.15) is 0 Å². The molecule has 0 radical (unpaired) electrons. The molecule has 40 heavy (non-hydrogen) atoms. The number of hydrogen-bond acceptors (Lipinski definition) is 2. The van der Waals surface area contributed by atoms with Crippen molar-refractivity contribution in [3.63, 3.8) is 0 Å². The average molecular weight is 595 g/mol. The monoisotopic (exact) mass is 596 g/mol. The van der Waals surface area contributed by atoms with Gasteiger partial charge < -0.3 is 0 Å². The first-order valence-electron chi connectivity index (χ1n) is 13.7. The van der Waals surface area contributed by atoms with Gasteiger partial charge in [0.25, 0.3) is 0 Å². The van der Waals surface area contributed by atoms with E-state index in [1.165, 1.54) is 42.3 Å². The zero-order chi connectivity index (χ0) is 27.3. The normalized spacial score (nSPS) is 11.9. The van der Waals surface area contributed by atoms with Crippen LogP contribution in [0.1, 0.15) is 0 Å². The second kappa shape index (κ2) is 9.92. The third-order valence-corrected chi connectivity index (χ3v) is 12.9. The van der Waals surface area contributed by atoms with Crippen molar-refractivity contribution in [1.29, 1.82) is 0 Å². The topological polar surface area (TPSA) is 17.8 Å². The van der Waals surface area contributed by atoms with Crippen LogP contribution in [0.5, 0.6) is 0 Å². The number of thiophene rings is 1. The van der Waals surface area contributed by atoms with Crippen molar-refractivity contribution in [3.8, 4) is 39.3 Å². The summed E-state index contributed by atoms with van der Waals surface area (Å²) in [7, 11) is 0. The van der Waals surface area contributed by atoms with Crippen LogP contribution < -0.4 is 4.40 Å². The molecule has 2 heterocycles. The molecule has 0 saturated heterocycles. The number of rotatable bonds is 5. The number of nitrogens with zero attached hydrogens (tertiary/aromatic N) is 2. The van der Waals surface area contributed by atoms with E-state index in [0.29, 0.717) is 0 Å². The molecule has 7 aromatic rings. The molecule has 0 unspecified atom stereocenters. The summed E-state index contributed by atoms with van der Waals surface area (Å²) in [5.41, 5.74) is 9.24. The van der Waals surface area contributed by atoms with Crippen molar-refractivity contribution < 1.29 is 0 Å². The fraction of sp³-hybridized carbons (Fsp3) is 0.0833. The summed E-state index contributed by atoms with van der Waals surface area (Å²) >= 11 is -0.217. The van der Waals surface area contributed by atoms with Crippen molar-refractivity contribution >= 4 is 50.1 Å². The van der Waals surface area contributed by atoms with Crippen LogP contribution in [0.2, 0.25) is 17.3 Å². The average Bonchev–Trinajstić information content (AvgIpc) is 3.58. The summed E-state index contributed by atoms with van der Waals surface area (Å²) in [6, 6.07) is 43.8. The minimum absolute atomic E-state index is 0.992. The predicted molar refractivity (Wildman–Crippen MR) is 176 cm³/mol. The number of fused-ring (bicyclic) bond motifs is 2. The Morgan fingerprint density at radius 2 is 1.25 bits per heavy atom. The van der Waals surface area contributed by atoms with Crippen LogP contribution in [-0.4, -0.2) is 22.8 Å². The van der Waals surface area contributed by atoms with Crippen molar-refractivity contribution in [2.45, 2.75) is 17.3 Å². The molecule has 0 spiro atoms. The van der Waals surface area contributed by atoms with Gasteiger partial charge in [-0.1, -0.05) is 0 Å². The van der Waals surface area contributed by atoms with E-state index in [2.05, 4.69) is 149 Å². The second-order valence-corrected chi connectivity index (χ2v) is 22.9. The number of para-hydroxylation sites is 3. The summed E-state index contributed by atoms with van der Waals surface area (Å²) in [4.78, 5) is 5.33. The molecule has 0 bridgehead atoms. The van der Waals surface area contributed by atoms with E-state index >= 15 is 0 Å². The van der Waals surface area contributed by atoms with Gasteiger partial charge in [-0.05, 0) is 0 Å². The Balaban J connectivity index is 1.60. The zero-order valence-corrected chi connectivity index (χ0v) is 25.8. The van der Waals surface area contributed by atoms with Crippen LogP contribution in [0, 0.1) is 0 Å². The SMILES string of the molecule is [CH3][Ge]([CH3])([CH3])[c]1ccc2scc(-c3nc4ccccc4n3-c3c(-c4ccccc4)cccc3-c3ccccc3)c2c1. The van der Waals surface area contributed by atoms with E-state index in [1.807, 2.05) is 11.3 Å². The first-order chi connectivity index (χ1) is 19.5. The maximum absolute atomic E-state index is 5.33. The van der Waals surface area contributed by atoms with Crippen molar-refractivity contribution in [3.05, 3.63) is 127 Å². The van der Waals surface area contributed by atoms with E-state index < -0.39 is 13.3 Å². The zero-order valence-electron chi connectivity index (χ0n) is 22.9. The Morgan fingerprint density at radius 1 is 0.625 bits per heavy atom. The standard InChI is InChI=1S/C36H30GeN2S/c1-37(2,3)27-21-22-34-30(23-27)31(24-40-34)36-38-32-19-10-11-20-33(32)39(36)35-28(25-13-6-4-7-14-25)17-12-18-29(35)26-15-8-5-9-16-26/h4-24H,1-3H3. The van der Waals surface area contributed by atoms with Crippen LogP contribution in [0.3, 0.4) is 0 Å². The Hall–Kier alpha value is -3.93. The van der Waals surface area contributed by atoms with Crippen LogP contribution in [-0.2, 0) is 0 Å².